The van der Waals surface area contributed by atoms with Crippen LogP contribution in [0.1, 0.15) is 17.0 Å². The number of rotatable bonds is 7. The van der Waals surface area contributed by atoms with Gasteiger partial charge in [0.2, 0.25) is 11.7 Å². The number of anilines is 1. The first kappa shape index (κ1) is 21.1. The Morgan fingerprint density at radius 3 is 2.48 bits per heavy atom. The summed E-state index contributed by atoms with van der Waals surface area (Å²) in [6.45, 7) is 2.38. The van der Waals surface area contributed by atoms with Crippen LogP contribution in [0, 0.1) is 6.92 Å². The standard InChI is InChI=1S/C24H22N4OS2/c1-17-7-5-6-10-21(17)23-27-22(29-28-23)15-25-24(30)26-19-13-11-18(12-14-19)16-31-20-8-3-2-4-9-20/h2-14H,15-16H2,1H3,(H2,25,26,30). The number of nitrogens with zero attached hydrogens (tertiary/aromatic N) is 2. The molecule has 0 unspecified atom stereocenters. The highest BCUT2D eigenvalue weighted by atomic mass is 32.2. The molecule has 0 saturated heterocycles. The summed E-state index contributed by atoms with van der Waals surface area (Å²) in [6.07, 6.45) is 0. The van der Waals surface area contributed by atoms with Gasteiger partial charge in [-0.3, -0.25) is 0 Å². The molecule has 1 aromatic heterocycles. The molecule has 0 aliphatic carbocycles. The Morgan fingerprint density at radius 2 is 1.71 bits per heavy atom. The third-order valence-electron chi connectivity index (χ3n) is 4.61. The van der Waals surface area contributed by atoms with E-state index in [2.05, 4.69) is 57.2 Å². The number of aryl methyl sites for hydroxylation is 1. The normalized spacial score (nSPS) is 10.6. The van der Waals surface area contributed by atoms with Crippen molar-refractivity contribution in [2.75, 3.05) is 5.32 Å². The number of hydrogen-bond acceptors (Lipinski definition) is 5. The van der Waals surface area contributed by atoms with Crippen molar-refractivity contribution in [3.63, 3.8) is 0 Å². The maximum atomic E-state index is 5.39. The van der Waals surface area contributed by atoms with Crippen LogP contribution in [0.2, 0.25) is 0 Å². The minimum atomic E-state index is 0.358. The van der Waals surface area contributed by atoms with Gasteiger partial charge in [0.05, 0.1) is 6.54 Å². The fraction of sp³-hybridized carbons (Fsp3) is 0.125. The van der Waals surface area contributed by atoms with Crippen LogP contribution in [0.4, 0.5) is 5.69 Å². The largest absolute Gasteiger partial charge is 0.353 e. The van der Waals surface area contributed by atoms with Crippen molar-refractivity contribution in [1.29, 1.82) is 0 Å². The molecule has 0 aliphatic rings. The molecule has 156 valence electrons. The number of nitrogens with one attached hydrogen (secondary N) is 2. The Bertz CT molecular complexity index is 1140. The quantitative estimate of drug-likeness (QED) is 0.274. The molecule has 0 bridgehead atoms. The molecule has 0 fully saturated rings. The molecule has 7 heteroatoms. The van der Waals surface area contributed by atoms with Gasteiger partial charge >= 0.3 is 0 Å². The van der Waals surface area contributed by atoms with Crippen LogP contribution < -0.4 is 10.6 Å². The topological polar surface area (TPSA) is 63.0 Å². The molecule has 0 saturated carbocycles. The van der Waals surface area contributed by atoms with Gasteiger partial charge < -0.3 is 15.2 Å². The molecule has 0 spiro atoms. The Balaban J connectivity index is 1.26. The first-order chi connectivity index (χ1) is 15.2. The molecule has 2 N–H and O–H groups in total. The van der Waals surface area contributed by atoms with E-state index in [1.54, 1.807) is 0 Å². The number of thiocarbonyl (C=S) groups is 1. The van der Waals surface area contributed by atoms with Crippen molar-refractivity contribution in [2.45, 2.75) is 24.1 Å². The minimum Gasteiger partial charge on any atom is -0.353 e. The average molecular weight is 447 g/mol. The van der Waals surface area contributed by atoms with Gasteiger partial charge in [0.25, 0.3) is 0 Å². The molecule has 31 heavy (non-hydrogen) atoms. The molecule has 3 aromatic carbocycles. The minimum absolute atomic E-state index is 0.358. The van der Waals surface area contributed by atoms with Gasteiger partial charge in [-0.05, 0) is 54.5 Å². The van der Waals surface area contributed by atoms with E-state index in [1.165, 1.54) is 10.5 Å². The van der Waals surface area contributed by atoms with E-state index in [9.17, 15) is 0 Å². The van der Waals surface area contributed by atoms with E-state index in [0.29, 0.717) is 23.4 Å². The zero-order chi connectivity index (χ0) is 21.5. The van der Waals surface area contributed by atoms with Crippen LogP contribution >= 0.6 is 24.0 Å². The van der Waals surface area contributed by atoms with Gasteiger partial charge in [-0.15, -0.1) is 11.8 Å². The summed E-state index contributed by atoms with van der Waals surface area (Å²) >= 11 is 7.21. The number of aromatic nitrogens is 2. The molecular weight excluding hydrogens is 424 g/mol. The van der Waals surface area contributed by atoms with Crippen LogP contribution in [0.15, 0.2) is 88.3 Å². The maximum Gasteiger partial charge on any atom is 0.246 e. The van der Waals surface area contributed by atoms with Crippen molar-refractivity contribution >= 4 is 34.8 Å². The first-order valence-corrected chi connectivity index (χ1v) is 11.3. The summed E-state index contributed by atoms with van der Waals surface area (Å²) in [5, 5.41) is 10.9. The predicted octanol–water partition coefficient (Wildman–Crippen LogP) is 5.82. The summed E-state index contributed by atoms with van der Waals surface area (Å²) in [6, 6.07) is 26.6. The molecule has 0 radical (unpaired) electrons. The highest BCUT2D eigenvalue weighted by Gasteiger charge is 2.10. The highest BCUT2D eigenvalue weighted by Crippen LogP contribution is 2.23. The van der Waals surface area contributed by atoms with Crippen LogP contribution in [-0.2, 0) is 12.3 Å². The van der Waals surface area contributed by atoms with Crippen molar-refractivity contribution in [3.8, 4) is 11.4 Å². The van der Waals surface area contributed by atoms with E-state index in [-0.39, 0.29) is 0 Å². The van der Waals surface area contributed by atoms with E-state index in [1.807, 2.05) is 61.2 Å². The Kier molecular flexibility index (Phi) is 6.96. The first-order valence-electron chi connectivity index (χ1n) is 9.87. The summed E-state index contributed by atoms with van der Waals surface area (Å²) in [7, 11) is 0. The average Bonchev–Trinajstić information content (AvgIpc) is 3.27. The van der Waals surface area contributed by atoms with E-state index in [0.717, 1.165) is 22.6 Å². The van der Waals surface area contributed by atoms with Crippen molar-refractivity contribution in [1.82, 2.24) is 15.5 Å². The third kappa shape index (κ3) is 5.93. The Hall–Kier alpha value is -3.16. The predicted molar refractivity (Wildman–Crippen MR) is 130 cm³/mol. The molecular formula is C24H22N4OS2. The second-order valence-corrected chi connectivity index (χ2v) is 8.39. The van der Waals surface area contributed by atoms with Gasteiger partial charge in [0.1, 0.15) is 0 Å². The second-order valence-electron chi connectivity index (χ2n) is 6.93. The molecule has 5 nitrogen and oxygen atoms in total. The highest BCUT2D eigenvalue weighted by molar-refractivity contribution is 7.98. The summed E-state index contributed by atoms with van der Waals surface area (Å²) in [5.74, 6) is 1.99. The maximum absolute atomic E-state index is 5.39. The van der Waals surface area contributed by atoms with E-state index in [4.69, 9.17) is 16.7 Å². The summed E-state index contributed by atoms with van der Waals surface area (Å²) in [5.41, 5.74) is 4.25. The molecule has 0 atom stereocenters. The number of benzene rings is 3. The van der Waals surface area contributed by atoms with Gasteiger partial charge in [0.15, 0.2) is 5.11 Å². The van der Waals surface area contributed by atoms with Crippen molar-refractivity contribution in [3.05, 3.63) is 95.9 Å². The van der Waals surface area contributed by atoms with Crippen LogP contribution in [0.25, 0.3) is 11.4 Å². The van der Waals surface area contributed by atoms with Crippen LogP contribution in [-0.4, -0.2) is 15.3 Å². The third-order valence-corrected chi connectivity index (χ3v) is 5.94. The Morgan fingerprint density at radius 1 is 0.968 bits per heavy atom. The lowest BCUT2D eigenvalue weighted by molar-refractivity contribution is 0.376. The van der Waals surface area contributed by atoms with Crippen LogP contribution in [0.5, 0.6) is 0 Å². The lowest BCUT2D eigenvalue weighted by Crippen LogP contribution is -2.28. The zero-order valence-corrected chi connectivity index (χ0v) is 18.7. The van der Waals surface area contributed by atoms with Gasteiger partial charge in [0, 0.05) is 21.9 Å². The number of hydrogen-bond donors (Lipinski definition) is 2. The van der Waals surface area contributed by atoms with Gasteiger partial charge in [-0.1, -0.05) is 59.8 Å². The van der Waals surface area contributed by atoms with Gasteiger partial charge in [-0.2, -0.15) is 4.98 Å². The van der Waals surface area contributed by atoms with E-state index >= 15 is 0 Å². The van der Waals surface area contributed by atoms with Crippen molar-refractivity contribution < 1.29 is 4.52 Å². The fourth-order valence-electron chi connectivity index (χ4n) is 2.96. The molecule has 0 aliphatic heterocycles. The van der Waals surface area contributed by atoms with Gasteiger partial charge in [-0.25, -0.2) is 0 Å². The lowest BCUT2D eigenvalue weighted by Gasteiger charge is -2.09. The van der Waals surface area contributed by atoms with E-state index < -0.39 is 0 Å². The lowest BCUT2D eigenvalue weighted by atomic mass is 10.1. The SMILES string of the molecule is Cc1ccccc1-c1noc(CNC(=S)Nc2ccc(CSc3ccccc3)cc2)n1. The molecule has 4 aromatic rings. The summed E-state index contributed by atoms with van der Waals surface area (Å²) < 4.78 is 5.34. The number of thioether (sulfide) groups is 1. The Labute approximate surface area is 191 Å². The second kappa shape index (κ2) is 10.2. The smallest absolute Gasteiger partial charge is 0.246 e. The van der Waals surface area contributed by atoms with Crippen molar-refractivity contribution in [2.24, 2.45) is 0 Å². The summed E-state index contributed by atoms with van der Waals surface area (Å²) in [4.78, 5) is 5.71. The monoisotopic (exact) mass is 446 g/mol. The molecule has 0 amide bonds. The molecule has 1 heterocycles. The zero-order valence-electron chi connectivity index (χ0n) is 17.0. The fourth-order valence-corrected chi connectivity index (χ4v) is 4.02. The molecule has 4 rings (SSSR count). The van der Waals surface area contributed by atoms with Crippen LogP contribution in [0.3, 0.4) is 0 Å².